The summed E-state index contributed by atoms with van der Waals surface area (Å²) in [5.74, 6) is 2.25. The highest BCUT2D eigenvalue weighted by molar-refractivity contribution is 4.92. The van der Waals surface area contributed by atoms with E-state index < -0.39 is 0 Å². The third kappa shape index (κ3) is 3.09. The summed E-state index contributed by atoms with van der Waals surface area (Å²) in [6, 6.07) is 0. The molecule has 1 N–H and O–H groups in total. The van der Waals surface area contributed by atoms with Crippen molar-refractivity contribution in [1.29, 1.82) is 0 Å². The zero-order valence-electron chi connectivity index (χ0n) is 10.7. The Morgan fingerprint density at radius 1 is 1.22 bits per heavy atom. The minimum absolute atomic E-state index is 0.289. The molecule has 0 aromatic carbocycles. The van der Waals surface area contributed by atoms with Crippen molar-refractivity contribution in [2.24, 2.45) is 5.92 Å². The molecule has 2 aliphatic heterocycles. The number of rotatable bonds is 4. The Bertz CT molecular complexity index is 368. The lowest BCUT2D eigenvalue weighted by molar-refractivity contribution is 0.0153. The van der Waals surface area contributed by atoms with Gasteiger partial charge in [0.1, 0.15) is 0 Å². The summed E-state index contributed by atoms with van der Waals surface area (Å²) in [7, 11) is 0. The van der Waals surface area contributed by atoms with Crippen molar-refractivity contribution in [2.75, 3.05) is 19.7 Å². The molecule has 5 nitrogen and oxygen atoms in total. The Morgan fingerprint density at radius 3 is 3.00 bits per heavy atom. The van der Waals surface area contributed by atoms with E-state index in [1.807, 2.05) is 0 Å². The Balaban J connectivity index is 1.52. The van der Waals surface area contributed by atoms with Crippen LogP contribution in [0.4, 0.5) is 0 Å². The van der Waals surface area contributed by atoms with Gasteiger partial charge in [-0.2, -0.15) is 4.98 Å². The van der Waals surface area contributed by atoms with E-state index in [1.54, 1.807) is 0 Å². The van der Waals surface area contributed by atoms with E-state index in [1.165, 1.54) is 19.3 Å². The lowest BCUT2D eigenvalue weighted by atomic mass is 10.1. The summed E-state index contributed by atoms with van der Waals surface area (Å²) in [5, 5.41) is 7.42. The Hall–Kier alpha value is -0.940. The van der Waals surface area contributed by atoms with E-state index in [9.17, 15) is 0 Å². The van der Waals surface area contributed by atoms with Gasteiger partial charge in [0.15, 0.2) is 5.82 Å². The van der Waals surface area contributed by atoms with E-state index in [0.29, 0.717) is 5.92 Å². The van der Waals surface area contributed by atoms with Crippen LogP contribution < -0.4 is 5.32 Å². The molecule has 0 saturated carbocycles. The molecule has 0 aliphatic carbocycles. The van der Waals surface area contributed by atoms with Crippen LogP contribution >= 0.6 is 0 Å². The maximum atomic E-state index is 5.69. The predicted molar refractivity (Wildman–Crippen MR) is 66.3 cm³/mol. The summed E-state index contributed by atoms with van der Waals surface area (Å²) in [4.78, 5) is 4.48. The van der Waals surface area contributed by atoms with Crippen molar-refractivity contribution in [1.82, 2.24) is 15.5 Å². The topological polar surface area (TPSA) is 60.2 Å². The van der Waals surface area contributed by atoms with Gasteiger partial charge in [-0.1, -0.05) is 5.16 Å². The molecule has 3 heterocycles. The molecule has 2 atom stereocenters. The number of hydrogen-bond donors (Lipinski definition) is 1. The normalized spacial score (nSPS) is 28.7. The van der Waals surface area contributed by atoms with Crippen molar-refractivity contribution >= 4 is 0 Å². The standard InChI is InChI=1S/C13H21N3O2/c1-2-6-17-11(3-1)8-12-15-13(18-16-12)7-10-4-5-14-9-10/h10-11,14H,1-9H2. The van der Waals surface area contributed by atoms with Gasteiger partial charge in [0, 0.05) is 19.4 Å². The number of ether oxygens (including phenoxy) is 1. The summed E-state index contributed by atoms with van der Waals surface area (Å²) in [6.07, 6.45) is 6.77. The molecule has 2 unspecified atom stereocenters. The van der Waals surface area contributed by atoms with Crippen LogP contribution in [0.25, 0.3) is 0 Å². The zero-order chi connectivity index (χ0) is 12.2. The van der Waals surface area contributed by atoms with Crippen molar-refractivity contribution in [3.8, 4) is 0 Å². The van der Waals surface area contributed by atoms with E-state index in [2.05, 4.69) is 15.5 Å². The van der Waals surface area contributed by atoms with Crippen LogP contribution in [0.1, 0.15) is 37.4 Å². The second kappa shape index (κ2) is 5.80. The fourth-order valence-electron chi connectivity index (χ4n) is 2.76. The molecule has 100 valence electrons. The molecule has 18 heavy (non-hydrogen) atoms. The minimum Gasteiger partial charge on any atom is -0.378 e. The maximum absolute atomic E-state index is 5.69. The highest BCUT2D eigenvalue weighted by atomic mass is 16.5. The second-order valence-corrected chi connectivity index (χ2v) is 5.36. The van der Waals surface area contributed by atoms with Gasteiger partial charge in [0.2, 0.25) is 5.89 Å². The lowest BCUT2D eigenvalue weighted by Crippen LogP contribution is -2.21. The average molecular weight is 251 g/mol. The van der Waals surface area contributed by atoms with Gasteiger partial charge in [0.05, 0.1) is 6.10 Å². The quantitative estimate of drug-likeness (QED) is 0.875. The lowest BCUT2D eigenvalue weighted by Gasteiger charge is -2.20. The Labute approximate surface area is 107 Å². The number of nitrogens with one attached hydrogen (secondary N) is 1. The largest absolute Gasteiger partial charge is 0.378 e. The van der Waals surface area contributed by atoms with Gasteiger partial charge in [-0.05, 0) is 44.7 Å². The molecule has 5 heteroatoms. The Kier molecular flexibility index (Phi) is 3.90. The van der Waals surface area contributed by atoms with Gasteiger partial charge in [-0.3, -0.25) is 0 Å². The summed E-state index contributed by atoms with van der Waals surface area (Å²) >= 11 is 0. The van der Waals surface area contributed by atoms with Crippen LogP contribution in [-0.2, 0) is 17.6 Å². The fraction of sp³-hybridized carbons (Fsp3) is 0.846. The van der Waals surface area contributed by atoms with Gasteiger partial charge in [0.25, 0.3) is 0 Å². The number of nitrogens with zero attached hydrogens (tertiary/aromatic N) is 2. The van der Waals surface area contributed by atoms with E-state index in [-0.39, 0.29) is 6.10 Å². The first-order valence-electron chi connectivity index (χ1n) is 7.04. The van der Waals surface area contributed by atoms with Crippen LogP contribution in [0.3, 0.4) is 0 Å². The van der Waals surface area contributed by atoms with Crippen LogP contribution in [0, 0.1) is 5.92 Å². The van der Waals surface area contributed by atoms with Crippen molar-refractivity contribution in [3.05, 3.63) is 11.7 Å². The molecule has 2 aliphatic rings. The van der Waals surface area contributed by atoms with Crippen LogP contribution in [0.2, 0.25) is 0 Å². The first kappa shape index (κ1) is 12.1. The Morgan fingerprint density at radius 2 is 2.22 bits per heavy atom. The SMILES string of the molecule is C1CCC(Cc2noc(CC3CCNC3)n2)OC1. The van der Waals surface area contributed by atoms with Gasteiger partial charge in [-0.15, -0.1) is 0 Å². The third-order valence-corrected chi connectivity index (χ3v) is 3.82. The minimum atomic E-state index is 0.289. The molecular weight excluding hydrogens is 230 g/mol. The maximum Gasteiger partial charge on any atom is 0.226 e. The molecule has 0 amide bonds. The molecule has 1 aromatic heterocycles. The molecule has 2 fully saturated rings. The fourth-order valence-corrected chi connectivity index (χ4v) is 2.76. The zero-order valence-corrected chi connectivity index (χ0v) is 10.7. The highest BCUT2D eigenvalue weighted by Gasteiger charge is 2.20. The highest BCUT2D eigenvalue weighted by Crippen LogP contribution is 2.17. The van der Waals surface area contributed by atoms with Crippen molar-refractivity contribution in [2.45, 2.75) is 44.6 Å². The smallest absolute Gasteiger partial charge is 0.226 e. The molecule has 0 radical (unpaired) electrons. The first-order chi connectivity index (χ1) is 8.90. The van der Waals surface area contributed by atoms with Gasteiger partial charge >= 0.3 is 0 Å². The molecule has 0 bridgehead atoms. The monoisotopic (exact) mass is 251 g/mol. The molecule has 0 spiro atoms. The predicted octanol–water partition coefficient (Wildman–Crippen LogP) is 1.33. The molecular formula is C13H21N3O2. The second-order valence-electron chi connectivity index (χ2n) is 5.36. The van der Waals surface area contributed by atoms with Crippen LogP contribution in [-0.4, -0.2) is 35.9 Å². The first-order valence-corrected chi connectivity index (χ1v) is 7.04. The van der Waals surface area contributed by atoms with Crippen LogP contribution in [0.15, 0.2) is 4.52 Å². The summed E-state index contributed by atoms with van der Waals surface area (Å²) < 4.78 is 11.0. The average Bonchev–Trinajstić information content (AvgIpc) is 3.03. The number of hydrogen-bond acceptors (Lipinski definition) is 5. The van der Waals surface area contributed by atoms with Gasteiger partial charge < -0.3 is 14.6 Å². The van der Waals surface area contributed by atoms with E-state index >= 15 is 0 Å². The molecule has 3 rings (SSSR count). The summed E-state index contributed by atoms with van der Waals surface area (Å²) in [6.45, 7) is 3.06. The number of aromatic nitrogens is 2. The van der Waals surface area contributed by atoms with Gasteiger partial charge in [-0.25, -0.2) is 0 Å². The van der Waals surface area contributed by atoms with E-state index in [4.69, 9.17) is 9.26 Å². The third-order valence-electron chi connectivity index (χ3n) is 3.82. The van der Waals surface area contributed by atoms with Crippen molar-refractivity contribution < 1.29 is 9.26 Å². The summed E-state index contributed by atoms with van der Waals surface area (Å²) in [5.41, 5.74) is 0. The molecule has 2 saturated heterocycles. The van der Waals surface area contributed by atoms with Crippen LogP contribution in [0.5, 0.6) is 0 Å². The molecule has 1 aromatic rings. The van der Waals surface area contributed by atoms with Crippen molar-refractivity contribution in [3.63, 3.8) is 0 Å². The van der Waals surface area contributed by atoms with E-state index in [0.717, 1.165) is 50.7 Å².